The number of rotatable bonds is 2. The molecule has 0 saturated carbocycles. The Morgan fingerprint density at radius 2 is 2.29 bits per heavy atom. The van der Waals surface area contributed by atoms with Crippen LogP contribution in [0.4, 0.5) is 4.79 Å². The van der Waals surface area contributed by atoms with Crippen LogP contribution in [0, 0.1) is 0 Å². The average molecular weight is 238 g/mol. The van der Waals surface area contributed by atoms with Crippen molar-refractivity contribution in [1.82, 2.24) is 20.2 Å². The molecule has 0 spiro atoms. The summed E-state index contributed by atoms with van der Waals surface area (Å²) >= 11 is 0. The Labute approximate surface area is 98.0 Å². The fourth-order valence-corrected chi connectivity index (χ4v) is 2.45. The highest BCUT2D eigenvalue weighted by Gasteiger charge is 2.46. The van der Waals surface area contributed by atoms with E-state index in [1.807, 2.05) is 6.92 Å². The lowest BCUT2D eigenvalue weighted by molar-refractivity contribution is -0.0584. The van der Waals surface area contributed by atoms with Crippen LogP contribution in [-0.4, -0.2) is 44.0 Å². The smallest absolute Gasteiger partial charge is 0.344 e. The molecular weight excluding hydrogens is 224 g/mol. The first kappa shape index (κ1) is 10.5. The fraction of sp³-hybridized carbons (Fsp3) is 0.700. The summed E-state index contributed by atoms with van der Waals surface area (Å²) in [5.41, 5.74) is 0. The third kappa shape index (κ3) is 1.49. The van der Waals surface area contributed by atoms with Gasteiger partial charge in [0, 0.05) is 13.0 Å². The van der Waals surface area contributed by atoms with E-state index in [0.29, 0.717) is 24.7 Å². The van der Waals surface area contributed by atoms with Gasteiger partial charge in [-0.2, -0.15) is 0 Å². The second-order valence-corrected chi connectivity index (χ2v) is 4.41. The van der Waals surface area contributed by atoms with Crippen LogP contribution in [-0.2, 0) is 6.42 Å². The van der Waals surface area contributed by atoms with Gasteiger partial charge in [0.1, 0.15) is 6.04 Å². The minimum Gasteiger partial charge on any atom is -0.423 e. The molecule has 2 aliphatic rings. The van der Waals surface area contributed by atoms with Crippen LogP contribution < -0.4 is 0 Å². The molecule has 2 aliphatic heterocycles. The number of hydrogen-bond acceptors (Lipinski definition) is 5. The lowest BCUT2D eigenvalue weighted by atomic mass is 10.0. The van der Waals surface area contributed by atoms with Gasteiger partial charge in [-0.1, -0.05) is 6.92 Å². The van der Waals surface area contributed by atoms with Crippen LogP contribution in [0.15, 0.2) is 4.42 Å². The molecule has 0 unspecified atom stereocenters. The second-order valence-electron chi connectivity index (χ2n) is 4.41. The number of hydroxylamine groups is 2. The van der Waals surface area contributed by atoms with E-state index in [0.717, 1.165) is 17.9 Å². The van der Waals surface area contributed by atoms with E-state index in [1.165, 1.54) is 0 Å². The van der Waals surface area contributed by atoms with Crippen LogP contribution in [0.3, 0.4) is 0 Å². The topological polar surface area (TPSA) is 82.7 Å². The Kier molecular flexibility index (Phi) is 2.29. The van der Waals surface area contributed by atoms with Crippen LogP contribution in [0.5, 0.6) is 0 Å². The SMILES string of the molecule is CCc1nnc([C@@H]2CC[C@@H]3CN2C(=O)N3O)o1. The minimum absolute atomic E-state index is 0.0904. The van der Waals surface area contributed by atoms with Crippen molar-refractivity contribution in [3.63, 3.8) is 0 Å². The lowest BCUT2D eigenvalue weighted by Crippen LogP contribution is -2.34. The number of piperidine rings is 1. The maximum Gasteiger partial charge on any atom is 0.344 e. The van der Waals surface area contributed by atoms with Gasteiger partial charge in [0.15, 0.2) is 0 Å². The predicted molar refractivity (Wildman–Crippen MR) is 55.2 cm³/mol. The molecule has 2 saturated heterocycles. The maximum atomic E-state index is 11.8. The summed E-state index contributed by atoms with van der Waals surface area (Å²) in [6.45, 7) is 2.47. The number of carbonyl (C=O) groups is 1. The molecule has 3 rings (SSSR count). The van der Waals surface area contributed by atoms with Crippen molar-refractivity contribution in [2.24, 2.45) is 0 Å². The number of aryl methyl sites for hydroxylation is 1. The summed E-state index contributed by atoms with van der Waals surface area (Å²) in [7, 11) is 0. The van der Waals surface area contributed by atoms with Crippen molar-refractivity contribution >= 4 is 6.03 Å². The second kappa shape index (κ2) is 3.69. The monoisotopic (exact) mass is 238 g/mol. The number of urea groups is 1. The Morgan fingerprint density at radius 3 is 3.00 bits per heavy atom. The molecule has 2 fully saturated rings. The zero-order valence-electron chi connectivity index (χ0n) is 9.54. The van der Waals surface area contributed by atoms with E-state index in [2.05, 4.69) is 10.2 Å². The van der Waals surface area contributed by atoms with Crippen LogP contribution >= 0.6 is 0 Å². The largest absolute Gasteiger partial charge is 0.423 e. The van der Waals surface area contributed by atoms with Crippen molar-refractivity contribution in [2.75, 3.05) is 6.54 Å². The summed E-state index contributed by atoms with van der Waals surface area (Å²) < 4.78 is 5.49. The molecule has 7 heteroatoms. The highest BCUT2D eigenvalue weighted by molar-refractivity contribution is 5.76. The first-order chi connectivity index (χ1) is 8.20. The summed E-state index contributed by atoms with van der Waals surface area (Å²) in [6.07, 6.45) is 2.19. The Bertz CT molecular complexity index is 447. The van der Waals surface area contributed by atoms with Gasteiger partial charge >= 0.3 is 6.03 Å². The van der Waals surface area contributed by atoms with Gasteiger partial charge in [-0.25, -0.2) is 9.86 Å². The van der Waals surface area contributed by atoms with Crippen molar-refractivity contribution in [1.29, 1.82) is 0 Å². The molecular formula is C10H14N4O3. The van der Waals surface area contributed by atoms with Gasteiger partial charge < -0.3 is 9.32 Å². The van der Waals surface area contributed by atoms with Gasteiger partial charge in [-0.05, 0) is 12.8 Å². The van der Waals surface area contributed by atoms with E-state index in [9.17, 15) is 10.0 Å². The van der Waals surface area contributed by atoms with Gasteiger partial charge in [-0.15, -0.1) is 10.2 Å². The Morgan fingerprint density at radius 1 is 1.47 bits per heavy atom. The Hall–Kier alpha value is -1.63. The summed E-state index contributed by atoms with van der Waals surface area (Å²) in [6, 6.07) is -0.648. The van der Waals surface area contributed by atoms with Crippen LogP contribution in [0.2, 0.25) is 0 Å². The minimum atomic E-state index is -0.367. The number of fused-ring (bicyclic) bond motifs is 2. The lowest BCUT2D eigenvalue weighted by Gasteiger charge is -2.27. The zero-order valence-corrected chi connectivity index (χ0v) is 9.54. The van der Waals surface area contributed by atoms with Crippen molar-refractivity contribution < 1.29 is 14.4 Å². The molecule has 0 radical (unpaired) electrons. The van der Waals surface area contributed by atoms with E-state index in [4.69, 9.17) is 4.42 Å². The maximum absolute atomic E-state index is 11.8. The van der Waals surface area contributed by atoms with Crippen molar-refractivity contribution in [3.05, 3.63) is 11.8 Å². The molecule has 1 aromatic heterocycles. The van der Waals surface area contributed by atoms with E-state index >= 15 is 0 Å². The fourth-order valence-electron chi connectivity index (χ4n) is 2.45. The molecule has 17 heavy (non-hydrogen) atoms. The highest BCUT2D eigenvalue weighted by Crippen LogP contribution is 2.36. The van der Waals surface area contributed by atoms with Gasteiger partial charge in [0.05, 0.1) is 6.04 Å². The van der Waals surface area contributed by atoms with Gasteiger partial charge in [-0.3, -0.25) is 5.21 Å². The molecule has 7 nitrogen and oxygen atoms in total. The van der Waals surface area contributed by atoms with E-state index in [-0.39, 0.29) is 18.1 Å². The van der Waals surface area contributed by atoms with Crippen molar-refractivity contribution in [2.45, 2.75) is 38.3 Å². The molecule has 2 amide bonds. The number of carbonyl (C=O) groups excluding carboxylic acids is 1. The molecule has 0 aliphatic carbocycles. The summed E-state index contributed by atoms with van der Waals surface area (Å²) in [5.74, 6) is 1.05. The first-order valence-electron chi connectivity index (χ1n) is 5.81. The molecule has 0 aromatic carbocycles. The molecule has 1 N–H and O–H groups in total. The normalized spacial score (nSPS) is 28.0. The molecule has 3 heterocycles. The number of aromatic nitrogens is 2. The number of nitrogens with zero attached hydrogens (tertiary/aromatic N) is 4. The van der Waals surface area contributed by atoms with Gasteiger partial charge in [0.2, 0.25) is 11.8 Å². The molecule has 1 aromatic rings. The highest BCUT2D eigenvalue weighted by atomic mass is 16.5. The molecule has 2 bridgehead atoms. The first-order valence-corrected chi connectivity index (χ1v) is 5.81. The Balaban J connectivity index is 1.87. The zero-order chi connectivity index (χ0) is 12.0. The van der Waals surface area contributed by atoms with E-state index in [1.54, 1.807) is 4.90 Å². The molecule has 2 atom stereocenters. The third-order valence-electron chi connectivity index (χ3n) is 3.41. The van der Waals surface area contributed by atoms with Crippen molar-refractivity contribution in [3.8, 4) is 0 Å². The van der Waals surface area contributed by atoms with Crippen LogP contribution in [0.1, 0.15) is 37.6 Å². The third-order valence-corrected chi connectivity index (χ3v) is 3.41. The number of hydrogen-bond donors (Lipinski definition) is 1. The average Bonchev–Trinajstić information content (AvgIpc) is 2.91. The standard InChI is InChI=1S/C10H14N4O3/c1-2-8-11-12-9(17-8)7-4-3-6-5-13(7)10(15)14(6)16/h6-7,16H,2-5H2,1H3/t6-,7+/m1/s1. The summed E-state index contributed by atoms with van der Waals surface area (Å²) in [4.78, 5) is 13.4. The number of amides is 2. The predicted octanol–water partition coefficient (Wildman–Crippen LogP) is 0.962. The summed E-state index contributed by atoms with van der Waals surface area (Å²) in [5, 5.41) is 18.3. The van der Waals surface area contributed by atoms with E-state index < -0.39 is 0 Å². The molecule has 92 valence electrons. The van der Waals surface area contributed by atoms with Gasteiger partial charge in [0.25, 0.3) is 0 Å². The quantitative estimate of drug-likeness (QED) is 0.776. The van der Waals surface area contributed by atoms with Crippen LogP contribution in [0.25, 0.3) is 0 Å².